The van der Waals surface area contributed by atoms with E-state index < -0.39 is 16.1 Å². The van der Waals surface area contributed by atoms with E-state index >= 15 is 0 Å². The average Bonchev–Trinajstić information content (AvgIpc) is 3.32. The fourth-order valence-corrected chi connectivity index (χ4v) is 5.99. The van der Waals surface area contributed by atoms with Gasteiger partial charge in [-0.05, 0) is 74.4 Å². The molecule has 2 aliphatic carbocycles. The Morgan fingerprint density at radius 3 is 2.27 bits per heavy atom. The maximum absolute atomic E-state index is 12.9. The lowest BCUT2D eigenvalue weighted by atomic mass is 9.95. The maximum Gasteiger partial charge on any atom is 0.243 e. The van der Waals surface area contributed by atoms with Gasteiger partial charge in [-0.15, -0.1) is 0 Å². The molecule has 0 aromatic heterocycles. The molecular weight excluding hydrogens is 400 g/mol. The van der Waals surface area contributed by atoms with E-state index in [0.29, 0.717) is 29.0 Å². The quantitative estimate of drug-likeness (QED) is 0.725. The zero-order valence-electron chi connectivity index (χ0n) is 17.3. The summed E-state index contributed by atoms with van der Waals surface area (Å²) in [5.41, 5.74) is 0.438. The van der Waals surface area contributed by atoms with Crippen molar-refractivity contribution in [1.29, 1.82) is 0 Å². The number of sulfonamides is 1. The number of benzene rings is 2. The Balaban J connectivity index is 1.48. The molecule has 0 unspecified atom stereocenters. The molecule has 1 N–H and O–H groups in total. The summed E-state index contributed by atoms with van der Waals surface area (Å²) in [7, 11) is -3.65. The Morgan fingerprint density at radius 1 is 1.03 bits per heavy atom. The summed E-state index contributed by atoms with van der Waals surface area (Å²) in [5, 5.41) is 3.11. The highest BCUT2D eigenvalue weighted by atomic mass is 32.2. The fourth-order valence-electron chi connectivity index (χ4n) is 4.82. The molecule has 4 atom stereocenters. The fraction of sp³-hybridized carbons (Fsp3) is 0.435. The van der Waals surface area contributed by atoms with E-state index in [0.717, 1.165) is 19.1 Å². The van der Waals surface area contributed by atoms with E-state index in [4.69, 9.17) is 4.74 Å². The van der Waals surface area contributed by atoms with Gasteiger partial charge in [-0.1, -0.05) is 24.6 Å². The van der Waals surface area contributed by atoms with Crippen LogP contribution in [0.25, 0.3) is 0 Å². The highest BCUT2D eigenvalue weighted by Gasteiger charge is 2.41. The third-order valence-electron chi connectivity index (χ3n) is 6.22. The highest BCUT2D eigenvalue weighted by molar-refractivity contribution is 7.92. The first kappa shape index (κ1) is 20.7. The monoisotopic (exact) mass is 428 g/mol. The smallest absolute Gasteiger partial charge is 0.243 e. The summed E-state index contributed by atoms with van der Waals surface area (Å²) >= 11 is 0. The van der Waals surface area contributed by atoms with Crippen molar-refractivity contribution in [3.63, 3.8) is 0 Å². The molecule has 2 saturated carbocycles. The largest absolute Gasteiger partial charge is 0.457 e. The molecular formula is C23H28N2O4S. The minimum absolute atomic E-state index is 0.168. The molecule has 2 bridgehead atoms. The zero-order chi connectivity index (χ0) is 21.3. The second-order valence-corrected chi connectivity index (χ2v) is 10.3. The van der Waals surface area contributed by atoms with Gasteiger partial charge >= 0.3 is 0 Å². The van der Waals surface area contributed by atoms with Gasteiger partial charge in [0.15, 0.2) is 0 Å². The van der Waals surface area contributed by atoms with Crippen LogP contribution in [0.2, 0.25) is 0 Å². The van der Waals surface area contributed by atoms with Crippen LogP contribution < -0.4 is 14.4 Å². The van der Waals surface area contributed by atoms with E-state index in [-0.39, 0.29) is 11.9 Å². The predicted molar refractivity (Wildman–Crippen MR) is 117 cm³/mol. The van der Waals surface area contributed by atoms with Crippen molar-refractivity contribution in [1.82, 2.24) is 5.32 Å². The zero-order valence-corrected chi connectivity index (χ0v) is 18.1. The van der Waals surface area contributed by atoms with Gasteiger partial charge in [-0.3, -0.25) is 9.10 Å². The lowest BCUT2D eigenvalue weighted by Crippen LogP contribution is -2.51. The molecule has 0 spiro atoms. The van der Waals surface area contributed by atoms with Gasteiger partial charge in [0.2, 0.25) is 15.9 Å². The van der Waals surface area contributed by atoms with Gasteiger partial charge in [-0.2, -0.15) is 0 Å². The molecule has 0 radical (unpaired) electrons. The Labute approximate surface area is 178 Å². The van der Waals surface area contributed by atoms with Gasteiger partial charge in [0.25, 0.3) is 0 Å². The lowest BCUT2D eigenvalue weighted by molar-refractivity contribution is -0.122. The van der Waals surface area contributed by atoms with E-state index in [2.05, 4.69) is 5.32 Å². The third-order valence-corrected chi connectivity index (χ3v) is 7.47. The second-order valence-electron chi connectivity index (χ2n) is 8.43. The van der Waals surface area contributed by atoms with Crippen LogP contribution in [-0.4, -0.2) is 32.7 Å². The number of nitrogens with one attached hydrogen (secondary N) is 1. The Morgan fingerprint density at radius 2 is 1.70 bits per heavy atom. The first-order valence-electron chi connectivity index (χ1n) is 10.4. The van der Waals surface area contributed by atoms with Gasteiger partial charge in [0.05, 0.1) is 11.9 Å². The number of carbonyl (C=O) groups is 1. The van der Waals surface area contributed by atoms with Crippen LogP contribution in [-0.2, 0) is 14.8 Å². The Kier molecular flexibility index (Phi) is 5.73. The van der Waals surface area contributed by atoms with Crippen molar-refractivity contribution in [2.45, 2.75) is 44.7 Å². The van der Waals surface area contributed by atoms with Crippen molar-refractivity contribution >= 4 is 21.6 Å². The van der Waals surface area contributed by atoms with Gasteiger partial charge in [0, 0.05) is 6.04 Å². The van der Waals surface area contributed by atoms with Crippen molar-refractivity contribution < 1.29 is 17.9 Å². The molecule has 30 heavy (non-hydrogen) atoms. The molecule has 6 nitrogen and oxygen atoms in total. The number of rotatable bonds is 7. The minimum atomic E-state index is -3.65. The molecule has 2 aliphatic rings. The number of para-hydroxylation sites is 1. The van der Waals surface area contributed by atoms with Crippen LogP contribution in [0.15, 0.2) is 54.6 Å². The van der Waals surface area contributed by atoms with Crippen molar-refractivity contribution in [2.75, 3.05) is 10.6 Å². The van der Waals surface area contributed by atoms with Crippen LogP contribution in [0.4, 0.5) is 5.69 Å². The summed E-state index contributed by atoms with van der Waals surface area (Å²) in [6.07, 6.45) is 5.72. The second kappa shape index (κ2) is 8.30. The van der Waals surface area contributed by atoms with Crippen LogP contribution in [0.5, 0.6) is 11.5 Å². The molecule has 0 aliphatic heterocycles. The van der Waals surface area contributed by atoms with Crippen LogP contribution in [0.3, 0.4) is 0 Å². The summed E-state index contributed by atoms with van der Waals surface area (Å²) < 4.78 is 32.0. The number of carbonyl (C=O) groups excluding carboxylic acids is 1. The summed E-state index contributed by atoms with van der Waals surface area (Å²) in [5.74, 6) is 2.29. The van der Waals surface area contributed by atoms with Crippen LogP contribution >= 0.6 is 0 Å². The Hall–Kier alpha value is -2.54. The number of anilines is 1. The number of hydrogen-bond acceptors (Lipinski definition) is 4. The van der Waals surface area contributed by atoms with Crippen LogP contribution in [0.1, 0.15) is 32.6 Å². The number of ether oxygens (including phenoxy) is 1. The molecule has 4 rings (SSSR count). The SMILES string of the molecule is C[C@@H](C(=O)N[C@H]1C[C@H]2CC[C@H]1C2)N(c1ccc(Oc2ccccc2)cc1)S(C)(=O)=O. The first-order chi connectivity index (χ1) is 14.3. The van der Waals surface area contributed by atoms with Crippen molar-refractivity contribution in [3.8, 4) is 11.5 Å². The molecule has 1 amide bonds. The molecule has 2 aromatic rings. The van der Waals surface area contributed by atoms with Gasteiger partial charge in [0.1, 0.15) is 17.5 Å². The number of nitrogens with zero attached hydrogens (tertiary/aromatic N) is 1. The molecule has 160 valence electrons. The molecule has 0 heterocycles. The topological polar surface area (TPSA) is 75.7 Å². The summed E-state index contributed by atoms with van der Waals surface area (Å²) in [6, 6.07) is 15.4. The van der Waals surface area contributed by atoms with Crippen molar-refractivity contribution in [2.24, 2.45) is 11.8 Å². The lowest BCUT2D eigenvalue weighted by Gasteiger charge is -2.31. The predicted octanol–water partition coefficient (Wildman–Crippen LogP) is 3.94. The van der Waals surface area contributed by atoms with Crippen molar-refractivity contribution in [3.05, 3.63) is 54.6 Å². The van der Waals surface area contributed by atoms with E-state index in [1.54, 1.807) is 31.2 Å². The maximum atomic E-state index is 12.9. The minimum Gasteiger partial charge on any atom is -0.457 e. The molecule has 2 fully saturated rings. The standard InChI is InChI=1S/C23H28N2O4S/c1-16(23(26)24-22-15-17-8-9-18(22)14-17)25(30(2,27)28)19-10-12-21(13-11-19)29-20-6-4-3-5-7-20/h3-7,10-13,16-18,22H,8-9,14-15H2,1-2H3,(H,24,26)/t16-,17-,18-,22-/m0/s1. The van der Waals surface area contributed by atoms with Gasteiger partial charge < -0.3 is 10.1 Å². The molecule has 0 saturated heterocycles. The summed E-state index contributed by atoms with van der Waals surface area (Å²) in [6.45, 7) is 1.64. The third kappa shape index (κ3) is 4.46. The first-order valence-corrected chi connectivity index (χ1v) is 12.3. The normalized spacial score (nSPS) is 23.7. The Bertz CT molecular complexity index is 992. The van der Waals surface area contributed by atoms with E-state index in [9.17, 15) is 13.2 Å². The highest BCUT2D eigenvalue weighted by Crippen LogP contribution is 2.44. The average molecular weight is 429 g/mol. The number of amides is 1. The van der Waals surface area contributed by atoms with Gasteiger partial charge in [-0.25, -0.2) is 8.42 Å². The van der Waals surface area contributed by atoms with E-state index in [1.807, 2.05) is 30.3 Å². The van der Waals surface area contributed by atoms with Crippen LogP contribution in [0, 0.1) is 11.8 Å². The molecule has 7 heteroatoms. The summed E-state index contributed by atoms with van der Waals surface area (Å²) in [4.78, 5) is 12.9. The number of hydrogen-bond donors (Lipinski definition) is 1. The van der Waals surface area contributed by atoms with E-state index in [1.165, 1.54) is 17.1 Å². The molecule has 2 aromatic carbocycles. The number of fused-ring (bicyclic) bond motifs is 2.